The number of aliphatic hydroxyl groups is 1. The van der Waals surface area contributed by atoms with Crippen molar-refractivity contribution < 1.29 is 23.8 Å². The zero-order valence-corrected chi connectivity index (χ0v) is 17.2. The van der Waals surface area contributed by atoms with Gasteiger partial charge in [0, 0.05) is 17.2 Å². The first-order valence-electron chi connectivity index (χ1n) is 9.82. The number of Topliss-reactive ketones (excluding diaryl/α,β-unsaturated/α-hetero) is 1. The van der Waals surface area contributed by atoms with E-state index in [1.165, 1.54) is 36.3 Å². The van der Waals surface area contributed by atoms with E-state index in [0.717, 1.165) is 25.7 Å². The number of amides is 1. The molecule has 156 valence electrons. The Labute approximate surface area is 178 Å². The van der Waals surface area contributed by atoms with E-state index in [1.54, 1.807) is 18.2 Å². The number of nitrogens with zero attached hydrogens (tertiary/aromatic N) is 1. The van der Waals surface area contributed by atoms with Crippen LogP contribution in [-0.2, 0) is 9.59 Å². The Bertz CT molecular complexity index is 1050. The quantitative estimate of drug-likeness (QED) is 0.428. The number of ketones is 1. The van der Waals surface area contributed by atoms with Gasteiger partial charge in [-0.05, 0) is 37.1 Å². The number of likely N-dealkylation sites (tertiary alicyclic amines) is 1. The molecule has 1 saturated heterocycles. The maximum Gasteiger partial charge on any atom is 0.295 e. The van der Waals surface area contributed by atoms with Crippen LogP contribution >= 0.6 is 11.6 Å². The van der Waals surface area contributed by atoms with Crippen molar-refractivity contribution in [3.63, 3.8) is 0 Å². The number of hydrogen-bond donors (Lipinski definition) is 1. The fraction of sp³-hybridized carbons (Fsp3) is 0.304. The van der Waals surface area contributed by atoms with E-state index < -0.39 is 29.3 Å². The summed E-state index contributed by atoms with van der Waals surface area (Å²) < 4.78 is 20.0. The highest BCUT2D eigenvalue weighted by Crippen LogP contribution is 2.45. The Kier molecular flexibility index (Phi) is 5.52. The minimum Gasteiger partial charge on any atom is -0.507 e. The lowest BCUT2D eigenvalue weighted by atomic mass is 9.94. The lowest BCUT2D eigenvalue weighted by Gasteiger charge is -2.31. The van der Waals surface area contributed by atoms with E-state index in [1.807, 2.05) is 0 Å². The number of carbonyl (C=O) groups excluding carboxylic acids is 2. The van der Waals surface area contributed by atoms with Crippen LogP contribution in [-0.4, -0.2) is 34.8 Å². The van der Waals surface area contributed by atoms with Gasteiger partial charge in [0.05, 0.1) is 23.7 Å². The first-order valence-corrected chi connectivity index (χ1v) is 10.2. The number of carbonyl (C=O) groups is 2. The van der Waals surface area contributed by atoms with Crippen molar-refractivity contribution in [2.45, 2.75) is 37.8 Å². The van der Waals surface area contributed by atoms with Crippen molar-refractivity contribution in [1.82, 2.24) is 4.90 Å². The Morgan fingerprint density at radius 3 is 2.53 bits per heavy atom. The SMILES string of the molecule is COc1ccc(Cl)c(/C(O)=C2\C(=O)C(=O)N(C3CCCC3)C2c2ccccc2F)c1. The summed E-state index contributed by atoms with van der Waals surface area (Å²) in [6, 6.07) is 9.43. The van der Waals surface area contributed by atoms with Gasteiger partial charge in [-0.15, -0.1) is 0 Å². The summed E-state index contributed by atoms with van der Waals surface area (Å²) in [4.78, 5) is 27.5. The van der Waals surface area contributed by atoms with E-state index in [-0.39, 0.29) is 27.8 Å². The molecule has 1 unspecified atom stereocenters. The van der Waals surface area contributed by atoms with Crippen LogP contribution < -0.4 is 4.74 Å². The van der Waals surface area contributed by atoms with Gasteiger partial charge in [0.15, 0.2) is 0 Å². The summed E-state index contributed by atoms with van der Waals surface area (Å²) in [5, 5.41) is 11.3. The van der Waals surface area contributed by atoms with Crippen LogP contribution in [0.25, 0.3) is 5.76 Å². The molecule has 2 aromatic carbocycles. The van der Waals surface area contributed by atoms with Gasteiger partial charge in [-0.1, -0.05) is 42.6 Å². The Morgan fingerprint density at radius 2 is 1.87 bits per heavy atom. The minimum absolute atomic E-state index is 0.154. The molecular formula is C23H21ClFNO4. The van der Waals surface area contributed by atoms with Crippen molar-refractivity contribution in [2.75, 3.05) is 7.11 Å². The highest BCUT2D eigenvalue weighted by Gasteiger charge is 2.50. The molecule has 1 atom stereocenters. The predicted octanol–water partition coefficient (Wildman–Crippen LogP) is 4.85. The van der Waals surface area contributed by atoms with Gasteiger partial charge in [-0.2, -0.15) is 0 Å². The molecule has 0 aromatic heterocycles. The molecule has 2 aliphatic rings. The molecule has 0 spiro atoms. The molecule has 0 bridgehead atoms. The second-order valence-electron chi connectivity index (χ2n) is 7.51. The molecule has 1 heterocycles. The number of benzene rings is 2. The van der Waals surface area contributed by atoms with Gasteiger partial charge in [-0.25, -0.2) is 4.39 Å². The smallest absolute Gasteiger partial charge is 0.295 e. The standard InChI is InChI=1S/C23H21ClFNO4/c1-30-14-10-11-17(24)16(12-14)21(27)19-20(15-8-4-5-9-18(15)25)26(23(29)22(19)28)13-6-2-3-7-13/h4-5,8-13,20,27H,2-3,6-7H2,1H3/b21-19+. The monoisotopic (exact) mass is 429 g/mol. The number of aliphatic hydroxyl groups excluding tert-OH is 1. The second kappa shape index (κ2) is 8.11. The number of ether oxygens (including phenoxy) is 1. The molecule has 1 aliphatic heterocycles. The number of halogens is 2. The molecule has 1 aliphatic carbocycles. The van der Waals surface area contributed by atoms with Crippen LogP contribution in [0.2, 0.25) is 5.02 Å². The molecule has 1 amide bonds. The number of hydrogen-bond acceptors (Lipinski definition) is 4. The normalized spacial score (nSPS) is 21.4. The number of rotatable bonds is 4. The van der Waals surface area contributed by atoms with Gasteiger partial charge in [0.2, 0.25) is 0 Å². The summed E-state index contributed by atoms with van der Waals surface area (Å²) in [7, 11) is 1.46. The molecule has 0 radical (unpaired) electrons. The average Bonchev–Trinajstić information content (AvgIpc) is 3.35. The van der Waals surface area contributed by atoms with Gasteiger partial charge in [0.25, 0.3) is 11.7 Å². The topological polar surface area (TPSA) is 66.8 Å². The van der Waals surface area contributed by atoms with Crippen LogP contribution in [0.3, 0.4) is 0 Å². The molecule has 1 N–H and O–H groups in total. The van der Waals surface area contributed by atoms with E-state index in [0.29, 0.717) is 5.75 Å². The molecule has 30 heavy (non-hydrogen) atoms. The highest BCUT2D eigenvalue weighted by atomic mass is 35.5. The van der Waals surface area contributed by atoms with Crippen molar-refractivity contribution >= 4 is 29.1 Å². The fourth-order valence-electron chi connectivity index (χ4n) is 4.37. The maximum absolute atomic E-state index is 14.8. The van der Waals surface area contributed by atoms with Gasteiger partial charge >= 0.3 is 0 Å². The lowest BCUT2D eigenvalue weighted by molar-refractivity contribution is -0.141. The van der Waals surface area contributed by atoms with Crippen LogP contribution in [0.15, 0.2) is 48.0 Å². The first kappa shape index (κ1) is 20.4. The maximum atomic E-state index is 14.8. The Morgan fingerprint density at radius 1 is 1.17 bits per heavy atom. The largest absolute Gasteiger partial charge is 0.507 e. The zero-order chi connectivity index (χ0) is 21.4. The molecule has 1 saturated carbocycles. The van der Waals surface area contributed by atoms with Gasteiger partial charge < -0.3 is 14.7 Å². The fourth-order valence-corrected chi connectivity index (χ4v) is 4.58. The Balaban J connectivity index is 1.94. The van der Waals surface area contributed by atoms with Crippen molar-refractivity contribution in [3.05, 3.63) is 70.0 Å². The van der Waals surface area contributed by atoms with Crippen LogP contribution in [0.1, 0.15) is 42.9 Å². The summed E-state index contributed by atoms with van der Waals surface area (Å²) in [5.74, 6) is -2.13. The second-order valence-corrected chi connectivity index (χ2v) is 7.92. The lowest BCUT2D eigenvalue weighted by Crippen LogP contribution is -2.38. The van der Waals surface area contributed by atoms with Crippen molar-refractivity contribution in [2.24, 2.45) is 0 Å². The molecule has 2 fully saturated rings. The predicted molar refractivity (Wildman–Crippen MR) is 111 cm³/mol. The van der Waals surface area contributed by atoms with E-state index in [2.05, 4.69) is 0 Å². The molecule has 4 rings (SSSR count). The van der Waals surface area contributed by atoms with E-state index in [9.17, 15) is 19.1 Å². The van der Waals surface area contributed by atoms with Crippen molar-refractivity contribution in [1.29, 1.82) is 0 Å². The summed E-state index contributed by atoms with van der Waals surface area (Å²) in [6.07, 6.45) is 3.33. The average molecular weight is 430 g/mol. The zero-order valence-electron chi connectivity index (χ0n) is 16.4. The molecule has 7 heteroatoms. The molecule has 2 aromatic rings. The van der Waals surface area contributed by atoms with Crippen LogP contribution in [0, 0.1) is 5.82 Å². The summed E-state index contributed by atoms with van der Waals surface area (Å²) >= 11 is 6.27. The molecule has 5 nitrogen and oxygen atoms in total. The summed E-state index contributed by atoms with van der Waals surface area (Å²) in [6.45, 7) is 0. The first-order chi connectivity index (χ1) is 14.4. The Hall–Kier alpha value is -2.86. The summed E-state index contributed by atoms with van der Waals surface area (Å²) in [5.41, 5.74) is 0.165. The van der Waals surface area contributed by atoms with Crippen molar-refractivity contribution in [3.8, 4) is 5.75 Å². The third kappa shape index (κ3) is 3.35. The van der Waals surface area contributed by atoms with Crippen LogP contribution in [0.4, 0.5) is 4.39 Å². The van der Waals surface area contributed by atoms with E-state index in [4.69, 9.17) is 16.3 Å². The highest BCUT2D eigenvalue weighted by molar-refractivity contribution is 6.47. The van der Waals surface area contributed by atoms with Gasteiger partial charge in [0.1, 0.15) is 17.3 Å². The van der Waals surface area contributed by atoms with Gasteiger partial charge in [-0.3, -0.25) is 9.59 Å². The number of methoxy groups -OCH3 is 1. The third-order valence-electron chi connectivity index (χ3n) is 5.83. The van der Waals surface area contributed by atoms with Crippen LogP contribution in [0.5, 0.6) is 5.75 Å². The van der Waals surface area contributed by atoms with E-state index >= 15 is 0 Å². The molecular weight excluding hydrogens is 409 g/mol. The minimum atomic E-state index is -1.02. The third-order valence-corrected chi connectivity index (χ3v) is 6.16.